The van der Waals surface area contributed by atoms with Gasteiger partial charge in [0, 0.05) is 13.2 Å². The SMILES string of the molecule is CNc1ccnc(-c2ccc(OC)c(OC)c2OC)n1. The maximum atomic E-state index is 5.43. The molecule has 0 aliphatic heterocycles. The largest absolute Gasteiger partial charge is 0.493 e. The van der Waals surface area contributed by atoms with Crippen molar-refractivity contribution in [3.05, 3.63) is 24.4 Å². The van der Waals surface area contributed by atoms with Crippen molar-refractivity contribution in [2.45, 2.75) is 0 Å². The van der Waals surface area contributed by atoms with Gasteiger partial charge < -0.3 is 19.5 Å². The van der Waals surface area contributed by atoms with Gasteiger partial charge in [0.25, 0.3) is 0 Å². The molecule has 20 heavy (non-hydrogen) atoms. The summed E-state index contributed by atoms with van der Waals surface area (Å²) < 4.78 is 16.0. The van der Waals surface area contributed by atoms with Gasteiger partial charge in [0.15, 0.2) is 17.3 Å². The van der Waals surface area contributed by atoms with Crippen molar-refractivity contribution in [2.24, 2.45) is 0 Å². The molecule has 0 aliphatic rings. The van der Waals surface area contributed by atoms with Gasteiger partial charge in [0.1, 0.15) is 5.82 Å². The fourth-order valence-corrected chi connectivity index (χ4v) is 1.91. The highest BCUT2D eigenvalue weighted by Crippen LogP contribution is 2.43. The lowest BCUT2D eigenvalue weighted by atomic mass is 10.1. The summed E-state index contributed by atoms with van der Waals surface area (Å²) in [5.41, 5.74) is 0.738. The van der Waals surface area contributed by atoms with Crippen LogP contribution < -0.4 is 19.5 Å². The monoisotopic (exact) mass is 275 g/mol. The van der Waals surface area contributed by atoms with E-state index < -0.39 is 0 Å². The van der Waals surface area contributed by atoms with E-state index in [0.29, 0.717) is 23.1 Å². The van der Waals surface area contributed by atoms with Gasteiger partial charge in [-0.25, -0.2) is 9.97 Å². The Labute approximate surface area is 117 Å². The number of rotatable bonds is 5. The number of anilines is 1. The molecule has 0 fully saturated rings. The minimum absolute atomic E-state index is 0.519. The number of benzene rings is 1. The van der Waals surface area contributed by atoms with E-state index >= 15 is 0 Å². The van der Waals surface area contributed by atoms with Crippen LogP contribution in [-0.4, -0.2) is 38.3 Å². The Morgan fingerprint density at radius 2 is 1.70 bits per heavy atom. The Bertz CT molecular complexity index is 602. The van der Waals surface area contributed by atoms with E-state index in [2.05, 4.69) is 15.3 Å². The normalized spacial score (nSPS) is 10.0. The topological polar surface area (TPSA) is 65.5 Å². The summed E-state index contributed by atoms with van der Waals surface area (Å²) in [5.74, 6) is 2.94. The van der Waals surface area contributed by atoms with Crippen LogP contribution in [0.5, 0.6) is 17.2 Å². The molecule has 6 heteroatoms. The molecule has 0 spiro atoms. The maximum Gasteiger partial charge on any atom is 0.204 e. The second-order valence-electron chi connectivity index (χ2n) is 3.90. The van der Waals surface area contributed by atoms with Crippen molar-refractivity contribution < 1.29 is 14.2 Å². The molecule has 0 amide bonds. The highest BCUT2D eigenvalue weighted by Gasteiger charge is 2.18. The zero-order valence-corrected chi connectivity index (χ0v) is 11.9. The number of nitrogens with one attached hydrogen (secondary N) is 1. The van der Waals surface area contributed by atoms with Crippen LogP contribution in [0.1, 0.15) is 0 Å². The Hall–Kier alpha value is -2.50. The summed E-state index contributed by atoms with van der Waals surface area (Å²) in [6, 6.07) is 5.43. The maximum absolute atomic E-state index is 5.43. The standard InChI is InChI=1S/C14H17N3O3/c1-15-11-7-8-16-14(17-11)9-5-6-10(18-2)13(20-4)12(9)19-3/h5-8H,1-4H3,(H,15,16,17). The average molecular weight is 275 g/mol. The lowest BCUT2D eigenvalue weighted by Crippen LogP contribution is -2.00. The van der Waals surface area contributed by atoms with Crippen LogP contribution in [0.3, 0.4) is 0 Å². The molecular formula is C14H17N3O3. The molecule has 1 heterocycles. The van der Waals surface area contributed by atoms with Crippen molar-refractivity contribution in [3.63, 3.8) is 0 Å². The molecule has 1 aromatic heterocycles. The van der Waals surface area contributed by atoms with Crippen molar-refractivity contribution in [2.75, 3.05) is 33.7 Å². The van der Waals surface area contributed by atoms with Crippen LogP contribution in [0.2, 0.25) is 0 Å². The minimum Gasteiger partial charge on any atom is -0.493 e. The lowest BCUT2D eigenvalue weighted by molar-refractivity contribution is 0.325. The second-order valence-corrected chi connectivity index (χ2v) is 3.90. The van der Waals surface area contributed by atoms with Crippen LogP contribution in [-0.2, 0) is 0 Å². The van der Waals surface area contributed by atoms with Crippen molar-refractivity contribution in [1.29, 1.82) is 0 Å². The fourth-order valence-electron chi connectivity index (χ4n) is 1.91. The quantitative estimate of drug-likeness (QED) is 0.902. The fraction of sp³-hybridized carbons (Fsp3) is 0.286. The Balaban J connectivity index is 2.61. The lowest BCUT2D eigenvalue weighted by Gasteiger charge is -2.15. The highest BCUT2D eigenvalue weighted by atomic mass is 16.5. The summed E-state index contributed by atoms with van der Waals surface area (Å²) in [6.07, 6.45) is 1.68. The number of nitrogens with zero attached hydrogens (tertiary/aromatic N) is 2. The smallest absolute Gasteiger partial charge is 0.204 e. The second kappa shape index (κ2) is 6.10. The number of hydrogen-bond acceptors (Lipinski definition) is 6. The van der Waals surface area contributed by atoms with Crippen LogP contribution in [0, 0.1) is 0 Å². The van der Waals surface area contributed by atoms with Crippen LogP contribution in [0.15, 0.2) is 24.4 Å². The summed E-state index contributed by atoms with van der Waals surface area (Å²) >= 11 is 0. The molecule has 106 valence electrons. The van der Waals surface area contributed by atoms with E-state index in [1.165, 1.54) is 0 Å². The molecule has 2 aromatic rings. The van der Waals surface area contributed by atoms with Gasteiger partial charge in [0.2, 0.25) is 5.75 Å². The first-order valence-electron chi connectivity index (χ1n) is 6.05. The average Bonchev–Trinajstić information content (AvgIpc) is 2.53. The Morgan fingerprint density at radius 1 is 0.950 bits per heavy atom. The molecule has 0 saturated heterocycles. The molecule has 0 atom stereocenters. The number of aromatic nitrogens is 2. The predicted molar refractivity (Wildman–Crippen MR) is 76.7 cm³/mol. The molecule has 1 N–H and O–H groups in total. The van der Waals surface area contributed by atoms with E-state index in [-0.39, 0.29) is 0 Å². The Morgan fingerprint density at radius 3 is 2.30 bits per heavy atom. The molecule has 6 nitrogen and oxygen atoms in total. The number of ether oxygens (including phenoxy) is 3. The molecule has 0 unspecified atom stereocenters. The molecule has 1 aromatic carbocycles. The van der Waals surface area contributed by atoms with Gasteiger partial charge in [-0.15, -0.1) is 0 Å². The van der Waals surface area contributed by atoms with Gasteiger partial charge in [-0.3, -0.25) is 0 Å². The number of methoxy groups -OCH3 is 3. The van der Waals surface area contributed by atoms with E-state index in [9.17, 15) is 0 Å². The van der Waals surface area contributed by atoms with E-state index in [1.54, 1.807) is 46.7 Å². The van der Waals surface area contributed by atoms with Gasteiger partial charge in [0.05, 0.1) is 26.9 Å². The van der Waals surface area contributed by atoms with Crippen LogP contribution >= 0.6 is 0 Å². The summed E-state index contributed by atoms with van der Waals surface area (Å²) in [5, 5.41) is 2.98. The number of hydrogen-bond donors (Lipinski definition) is 1. The third kappa shape index (κ3) is 2.45. The third-order valence-corrected chi connectivity index (χ3v) is 2.86. The molecule has 2 rings (SSSR count). The first kappa shape index (κ1) is 13.9. The summed E-state index contributed by atoms with van der Waals surface area (Å²) in [6.45, 7) is 0. The van der Waals surface area contributed by atoms with Crippen molar-refractivity contribution in [3.8, 4) is 28.6 Å². The van der Waals surface area contributed by atoms with E-state index in [0.717, 1.165) is 11.4 Å². The third-order valence-electron chi connectivity index (χ3n) is 2.86. The van der Waals surface area contributed by atoms with Gasteiger partial charge >= 0.3 is 0 Å². The Kier molecular flexibility index (Phi) is 4.24. The zero-order chi connectivity index (χ0) is 14.5. The van der Waals surface area contributed by atoms with Gasteiger partial charge in [-0.1, -0.05) is 0 Å². The van der Waals surface area contributed by atoms with Crippen LogP contribution in [0.4, 0.5) is 5.82 Å². The zero-order valence-electron chi connectivity index (χ0n) is 11.9. The van der Waals surface area contributed by atoms with Crippen molar-refractivity contribution in [1.82, 2.24) is 9.97 Å². The summed E-state index contributed by atoms with van der Waals surface area (Å²) in [7, 11) is 6.52. The van der Waals surface area contributed by atoms with E-state index in [1.807, 2.05) is 6.07 Å². The van der Waals surface area contributed by atoms with Gasteiger partial charge in [-0.2, -0.15) is 0 Å². The predicted octanol–water partition coefficient (Wildman–Crippen LogP) is 2.21. The molecular weight excluding hydrogens is 258 g/mol. The minimum atomic E-state index is 0.519. The van der Waals surface area contributed by atoms with Crippen molar-refractivity contribution >= 4 is 5.82 Å². The molecule has 0 radical (unpaired) electrons. The van der Waals surface area contributed by atoms with Crippen LogP contribution in [0.25, 0.3) is 11.4 Å². The first-order chi connectivity index (χ1) is 9.74. The molecule has 0 saturated carbocycles. The highest BCUT2D eigenvalue weighted by molar-refractivity contribution is 5.72. The summed E-state index contributed by atoms with van der Waals surface area (Å²) in [4.78, 5) is 8.67. The first-order valence-corrected chi connectivity index (χ1v) is 6.05. The van der Waals surface area contributed by atoms with E-state index in [4.69, 9.17) is 14.2 Å². The molecule has 0 bridgehead atoms. The van der Waals surface area contributed by atoms with Gasteiger partial charge in [-0.05, 0) is 18.2 Å². The molecule has 0 aliphatic carbocycles.